The normalized spacial score (nSPS) is 13.3. The summed E-state index contributed by atoms with van der Waals surface area (Å²) in [5, 5.41) is 2.49. The quantitative estimate of drug-likeness (QED) is 0.806. The maximum Gasteiger partial charge on any atom is 0.458 e. The number of alkyl halides is 5. The lowest BCUT2D eigenvalue weighted by atomic mass is 10.0. The van der Waals surface area contributed by atoms with Gasteiger partial charge in [0.15, 0.2) is 0 Å². The van der Waals surface area contributed by atoms with Crippen molar-refractivity contribution in [3.05, 3.63) is 63.3 Å². The molecule has 0 spiro atoms. The highest BCUT2D eigenvalue weighted by Gasteiger charge is 2.58. The minimum Gasteiger partial charge on any atom is -0.344 e. The predicted molar refractivity (Wildman–Crippen MR) is 81.9 cm³/mol. The molecule has 5 nitrogen and oxygen atoms in total. The van der Waals surface area contributed by atoms with Crippen molar-refractivity contribution in [2.24, 2.45) is 0 Å². The molecule has 2 N–H and O–H groups in total. The van der Waals surface area contributed by atoms with E-state index in [-0.39, 0.29) is 11.5 Å². The van der Waals surface area contributed by atoms with Crippen molar-refractivity contribution in [1.82, 2.24) is 15.3 Å². The first-order chi connectivity index (χ1) is 11.9. The van der Waals surface area contributed by atoms with Crippen LogP contribution in [-0.4, -0.2) is 22.1 Å². The first kappa shape index (κ1) is 19.5. The van der Waals surface area contributed by atoms with Crippen LogP contribution in [0.4, 0.5) is 22.0 Å². The molecular weight excluding hydrogens is 361 g/mol. The number of hydrogen-bond acceptors (Lipinski definition) is 3. The summed E-state index contributed by atoms with van der Waals surface area (Å²) in [7, 11) is 0. The van der Waals surface area contributed by atoms with E-state index in [1.54, 1.807) is 0 Å². The molecular formula is C16H14F5N3O2. The molecule has 0 bridgehead atoms. The number of carbonyl (C=O) groups is 1. The molecule has 140 valence electrons. The van der Waals surface area contributed by atoms with Crippen molar-refractivity contribution in [3.63, 3.8) is 0 Å². The van der Waals surface area contributed by atoms with Crippen LogP contribution >= 0.6 is 0 Å². The summed E-state index contributed by atoms with van der Waals surface area (Å²) in [6.07, 6.45) is -5.70. The van der Waals surface area contributed by atoms with E-state index < -0.39 is 35.2 Å². The largest absolute Gasteiger partial charge is 0.458 e. The van der Waals surface area contributed by atoms with Crippen molar-refractivity contribution >= 4 is 5.91 Å². The lowest BCUT2D eigenvalue weighted by Crippen LogP contribution is -2.33. The molecule has 0 aliphatic carbocycles. The fraction of sp³-hybridized carbons (Fsp3) is 0.312. The van der Waals surface area contributed by atoms with E-state index in [0.717, 1.165) is 18.2 Å². The van der Waals surface area contributed by atoms with E-state index >= 15 is 0 Å². The van der Waals surface area contributed by atoms with Gasteiger partial charge in [-0.2, -0.15) is 22.0 Å². The maximum atomic E-state index is 13.3. The van der Waals surface area contributed by atoms with Crippen LogP contribution in [0.5, 0.6) is 0 Å². The Labute approximate surface area is 144 Å². The summed E-state index contributed by atoms with van der Waals surface area (Å²) < 4.78 is 63.6. The van der Waals surface area contributed by atoms with Gasteiger partial charge in [-0.1, -0.05) is 24.3 Å². The van der Waals surface area contributed by atoms with Crippen LogP contribution in [0.2, 0.25) is 0 Å². The van der Waals surface area contributed by atoms with Crippen LogP contribution < -0.4 is 10.9 Å². The fourth-order valence-corrected chi connectivity index (χ4v) is 2.19. The van der Waals surface area contributed by atoms with Crippen LogP contribution in [-0.2, 0) is 5.92 Å². The zero-order chi connectivity index (χ0) is 19.7. The molecule has 26 heavy (non-hydrogen) atoms. The molecule has 2 rings (SSSR count). The molecule has 1 heterocycles. The monoisotopic (exact) mass is 375 g/mol. The summed E-state index contributed by atoms with van der Waals surface area (Å²) in [6, 6.07) is 3.72. The molecule has 2 aromatic rings. The Morgan fingerprint density at radius 1 is 1.15 bits per heavy atom. The SMILES string of the molecule is Cc1nc(C(=O)N[C@H](C)c2ccc(C(F)(F)C(F)(F)F)cc2)cc(=O)[nH]1. The summed E-state index contributed by atoms with van der Waals surface area (Å²) in [4.78, 5) is 29.7. The van der Waals surface area contributed by atoms with Gasteiger partial charge in [0.1, 0.15) is 11.5 Å². The number of aromatic nitrogens is 2. The summed E-state index contributed by atoms with van der Waals surface area (Å²) >= 11 is 0. The Morgan fingerprint density at radius 2 is 1.73 bits per heavy atom. The van der Waals surface area contributed by atoms with Crippen LogP contribution in [0.25, 0.3) is 0 Å². The first-order valence-electron chi connectivity index (χ1n) is 7.35. The van der Waals surface area contributed by atoms with Crippen LogP contribution in [0.1, 0.15) is 40.4 Å². The zero-order valence-corrected chi connectivity index (χ0v) is 13.6. The van der Waals surface area contributed by atoms with Crippen molar-refractivity contribution in [3.8, 4) is 0 Å². The highest BCUT2D eigenvalue weighted by molar-refractivity contribution is 5.92. The molecule has 1 aromatic heterocycles. The van der Waals surface area contributed by atoms with Gasteiger partial charge in [-0.05, 0) is 19.4 Å². The Hall–Kier alpha value is -2.78. The molecule has 1 aromatic carbocycles. The number of aromatic amines is 1. The number of H-pyrrole nitrogens is 1. The summed E-state index contributed by atoms with van der Waals surface area (Å²) in [5.41, 5.74) is -1.55. The molecule has 0 unspecified atom stereocenters. The molecule has 0 aliphatic rings. The van der Waals surface area contributed by atoms with Gasteiger partial charge >= 0.3 is 12.1 Å². The molecule has 0 saturated carbocycles. The fourth-order valence-electron chi connectivity index (χ4n) is 2.19. The van der Waals surface area contributed by atoms with Crippen molar-refractivity contribution < 1.29 is 26.7 Å². The number of amides is 1. The Kier molecular flexibility index (Phi) is 5.15. The number of nitrogens with zero attached hydrogens (tertiary/aromatic N) is 1. The molecule has 0 aliphatic heterocycles. The number of benzene rings is 1. The van der Waals surface area contributed by atoms with Crippen LogP contribution in [0, 0.1) is 6.92 Å². The minimum atomic E-state index is -5.70. The second-order valence-electron chi connectivity index (χ2n) is 5.61. The average Bonchev–Trinajstić information content (AvgIpc) is 2.52. The summed E-state index contributed by atoms with van der Waals surface area (Å²) in [6.45, 7) is 3.00. The van der Waals surface area contributed by atoms with Gasteiger partial charge in [-0.3, -0.25) is 9.59 Å². The number of hydrogen-bond donors (Lipinski definition) is 2. The molecule has 1 atom stereocenters. The third kappa shape index (κ3) is 4.06. The minimum absolute atomic E-state index is 0.140. The van der Waals surface area contributed by atoms with Crippen molar-refractivity contribution in [1.29, 1.82) is 0 Å². The van der Waals surface area contributed by atoms with E-state index in [1.807, 2.05) is 0 Å². The van der Waals surface area contributed by atoms with Gasteiger partial charge < -0.3 is 10.3 Å². The van der Waals surface area contributed by atoms with E-state index in [1.165, 1.54) is 13.8 Å². The highest BCUT2D eigenvalue weighted by Crippen LogP contribution is 2.43. The zero-order valence-electron chi connectivity index (χ0n) is 13.6. The second kappa shape index (κ2) is 6.85. The van der Waals surface area contributed by atoms with Gasteiger partial charge in [0.05, 0.1) is 6.04 Å². The first-order valence-corrected chi connectivity index (χ1v) is 7.35. The Balaban J connectivity index is 2.16. The van der Waals surface area contributed by atoms with Gasteiger partial charge in [-0.25, -0.2) is 4.98 Å². The maximum absolute atomic E-state index is 13.3. The van der Waals surface area contributed by atoms with Crippen LogP contribution in [0.3, 0.4) is 0 Å². The number of rotatable bonds is 4. The third-order valence-corrected chi connectivity index (χ3v) is 3.57. The van der Waals surface area contributed by atoms with E-state index in [4.69, 9.17) is 0 Å². The lowest BCUT2D eigenvalue weighted by Gasteiger charge is -2.21. The number of aryl methyl sites for hydroxylation is 1. The molecule has 0 radical (unpaired) electrons. The average molecular weight is 375 g/mol. The van der Waals surface area contributed by atoms with Crippen molar-refractivity contribution in [2.75, 3.05) is 0 Å². The second-order valence-corrected chi connectivity index (χ2v) is 5.61. The number of nitrogens with one attached hydrogen (secondary N) is 2. The standard InChI is InChI=1S/C16H14F5N3O2/c1-8(22-14(26)12-7-13(25)24-9(2)23-12)10-3-5-11(6-4-10)15(17,18)16(19,20)21/h3-8H,1-2H3,(H,22,26)(H,23,24,25)/t8-/m1/s1. The molecule has 0 fully saturated rings. The summed E-state index contributed by atoms with van der Waals surface area (Å²) in [5.74, 6) is -5.42. The van der Waals surface area contributed by atoms with Crippen molar-refractivity contribution in [2.45, 2.75) is 32.0 Å². The van der Waals surface area contributed by atoms with E-state index in [9.17, 15) is 31.5 Å². The molecule has 1 amide bonds. The highest BCUT2D eigenvalue weighted by atomic mass is 19.4. The molecule has 0 saturated heterocycles. The predicted octanol–water partition coefficient (Wildman–Crippen LogP) is 3.22. The smallest absolute Gasteiger partial charge is 0.344 e. The van der Waals surface area contributed by atoms with Gasteiger partial charge in [0.2, 0.25) is 0 Å². The topological polar surface area (TPSA) is 74.8 Å². The Bertz CT molecular complexity index is 859. The van der Waals surface area contributed by atoms with E-state index in [2.05, 4.69) is 15.3 Å². The van der Waals surface area contributed by atoms with Gasteiger partial charge in [0.25, 0.3) is 11.5 Å². The van der Waals surface area contributed by atoms with Gasteiger partial charge in [-0.15, -0.1) is 0 Å². The molecule has 10 heteroatoms. The number of carbonyl (C=O) groups excluding carboxylic acids is 1. The van der Waals surface area contributed by atoms with E-state index in [0.29, 0.717) is 17.7 Å². The van der Waals surface area contributed by atoms with Gasteiger partial charge in [0, 0.05) is 11.6 Å². The number of halogens is 5. The Morgan fingerprint density at radius 3 is 2.23 bits per heavy atom. The third-order valence-electron chi connectivity index (χ3n) is 3.57. The lowest BCUT2D eigenvalue weighted by molar-refractivity contribution is -0.289. The van der Waals surface area contributed by atoms with Crippen LogP contribution in [0.15, 0.2) is 35.1 Å².